The number of ether oxygens (including phenoxy) is 1. The number of carbonyl (C=O) groups is 2. The van der Waals surface area contributed by atoms with Gasteiger partial charge >= 0.3 is 5.97 Å². The molecule has 0 radical (unpaired) electrons. The first kappa shape index (κ1) is 17.0. The third-order valence-electron chi connectivity index (χ3n) is 4.59. The van der Waals surface area contributed by atoms with Crippen LogP contribution in [-0.2, 0) is 14.3 Å². The second-order valence-corrected chi connectivity index (χ2v) is 6.54. The van der Waals surface area contributed by atoms with Crippen LogP contribution in [0.1, 0.15) is 45.1 Å². The van der Waals surface area contributed by atoms with Crippen molar-refractivity contribution in [2.24, 2.45) is 5.41 Å². The zero-order chi connectivity index (χ0) is 17.0. The molecule has 0 aromatic heterocycles. The quantitative estimate of drug-likeness (QED) is 0.783. The lowest BCUT2D eigenvalue weighted by Gasteiger charge is -2.38. The number of hydrogen-bond acceptors (Lipinski definition) is 4. The second-order valence-electron chi connectivity index (χ2n) is 6.54. The van der Waals surface area contributed by atoms with Gasteiger partial charge in [0.25, 0.3) is 0 Å². The summed E-state index contributed by atoms with van der Waals surface area (Å²) in [6.07, 6.45) is 2.28. The minimum atomic E-state index is -0.229. The van der Waals surface area contributed by atoms with Crippen LogP contribution in [0.25, 0.3) is 0 Å². The maximum Gasteiger partial charge on any atom is 0.305 e. The molecule has 5 nitrogen and oxygen atoms in total. The van der Waals surface area contributed by atoms with Gasteiger partial charge in [0.15, 0.2) is 0 Å². The summed E-state index contributed by atoms with van der Waals surface area (Å²) in [7, 11) is 1.39. The highest BCUT2D eigenvalue weighted by Gasteiger charge is 2.41. The predicted octanol–water partition coefficient (Wildman–Crippen LogP) is 3.03. The van der Waals surface area contributed by atoms with Crippen LogP contribution in [0.5, 0.6) is 0 Å². The fourth-order valence-electron chi connectivity index (χ4n) is 3.14. The number of rotatable bonds is 5. The Morgan fingerprint density at radius 1 is 1.39 bits per heavy atom. The highest BCUT2D eigenvalue weighted by Crippen LogP contribution is 2.40. The Morgan fingerprint density at radius 3 is 2.61 bits per heavy atom. The molecule has 1 atom stereocenters. The largest absolute Gasteiger partial charge is 0.469 e. The molecule has 1 aromatic rings. The SMILES string of the molecule is COC(=O)CCC(C)(C)C1CCC(=O)N1c1ccc(C#N)cc1. The first-order chi connectivity index (χ1) is 10.9. The van der Waals surface area contributed by atoms with Gasteiger partial charge in [-0.3, -0.25) is 9.59 Å². The van der Waals surface area contributed by atoms with Gasteiger partial charge in [0.2, 0.25) is 5.91 Å². The van der Waals surface area contributed by atoms with Gasteiger partial charge in [-0.2, -0.15) is 5.26 Å². The van der Waals surface area contributed by atoms with E-state index in [-0.39, 0.29) is 23.3 Å². The Balaban J connectivity index is 2.21. The van der Waals surface area contributed by atoms with Crippen molar-refractivity contribution in [3.63, 3.8) is 0 Å². The van der Waals surface area contributed by atoms with Crippen LogP contribution in [0.2, 0.25) is 0 Å². The Kier molecular flexibility index (Phi) is 5.05. The molecule has 1 unspecified atom stereocenters. The van der Waals surface area contributed by atoms with Crippen molar-refractivity contribution in [1.29, 1.82) is 5.26 Å². The molecule has 1 aromatic carbocycles. The Hall–Kier alpha value is -2.35. The minimum absolute atomic E-state index is 0.0348. The third kappa shape index (κ3) is 3.70. The van der Waals surface area contributed by atoms with E-state index in [1.165, 1.54) is 7.11 Å². The molecule has 1 heterocycles. The number of methoxy groups -OCH3 is 1. The lowest BCUT2D eigenvalue weighted by Crippen LogP contribution is -2.43. The van der Waals surface area contributed by atoms with Crippen molar-refractivity contribution in [3.05, 3.63) is 29.8 Å². The summed E-state index contributed by atoms with van der Waals surface area (Å²) in [6, 6.07) is 9.18. The number of carbonyl (C=O) groups excluding carboxylic acids is 2. The van der Waals surface area contributed by atoms with Crippen LogP contribution in [0, 0.1) is 16.7 Å². The molecule has 1 amide bonds. The molecule has 1 aliphatic rings. The Labute approximate surface area is 136 Å². The number of nitrogens with zero attached hydrogens (tertiary/aromatic N) is 2. The average molecular weight is 314 g/mol. The van der Waals surface area contributed by atoms with Crippen molar-refractivity contribution < 1.29 is 14.3 Å². The van der Waals surface area contributed by atoms with Crippen LogP contribution in [0.15, 0.2) is 24.3 Å². The van der Waals surface area contributed by atoms with Crippen LogP contribution >= 0.6 is 0 Å². The molecule has 0 bridgehead atoms. The molecule has 1 saturated heterocycles. The van der Waals surface area contributed by atoms with E-state index < -0.39 is 0 Å². The van der Waals surface area contributed by atoms with Gasteiger partial charge in [0, 0.05) is 24.6 Å². The number of anilines is 1. The van der Waals surface area contributed by atoms with Crippen LogP contribution < -0.4 is 4.90 Å². The van der Waals surface area contributed by atoms with Crippen LogP contribution in [-0.4, -0.2) is 25.0 Å². The van der Waals surface area contributed by atoms with E-state index in [0.717, 1.165) is 12.1 Å². The maximum absolute atomic E-state index is 12.3. The monoisotopic (exact) mass is 314 g/mol. The predicted molar refractivity (Wildman–Crippen MR) is 86.7 cm³/mol. The fourth-order valence-corrected chi connectivity index (χ4v) is 3.14. The molecule has 23 heavy (non-hydrogen) atoms. The molecular weight excluding hydrogens is 292 g/mol. The third-order valence-corrected chi connectivity index (χ3v) is 4.59. The van der Waals surface area contributed by atoms with Crippen molar-refractivity contribution in [2.45, 2.75) is 45.6 Å². The Morgan fingerprint density at radius 2 is 2.04 bits per heavy atom. The van der Waals surface area contributed by atoms with Gasteiger partial charge in [-0.05, 0) is 42.5 Å². The highest BCUT2D eigenvalue weighted by molar-refractivity contribution is 5.96. The number of amides is 1. The summed E-state index contributed by atoms with van der Waals surface area (Å²) in [5.74, 6) is -0.141. The van der Waals surface area contributed by atoms with E-state index in [9.17, 15) is 9.59 Å². The van der Waals surface area contributed by atoms with Crippen molar-refractivity contribution in [2.75, 3.05) is 12.0 Å². The molecule has 0 N–H and O–H groups in total. The summed E-state index contributed by atoms with van der Waals surface area (Å²) < 4.78 is 4.72. The lowest BCUT2D eigenvalue weighted by atomic mass is 9.78. The molecule has 1 fully saturated rings. The van der Waals surface area contributed by atoms with E-state index in [4.69, 9.17) is 10.00 Å². The van der Waals surface area contributed by atoms with E-state index in [1.54, 1.807) is 12.1 Å². The van der Waals surface area contributed by atoms with Crippen molar-refractivity contribution in [1.82, 2.24) is 0 Å². The van der Waals surface area contributed by atoms with Gasteiger partial charge in [-0.1, -0.05) is 13.8 Å². The standard InChI is InChI=1S/C18H22N2O3/c1-18(2,11-10-17(22)23-3)15-8-9-16(21)20(15)14-6-4-13(12-19)5-7-14/h4-7,15H,8-11H2,1-3H3. The second kappa shape index (κ2) is 6.82. The van der Waals surface area contributed by atoms with Gasteiger partial charge in [0.05, 0.1) is 18.7 Å². The van der Waals surface area contributed by atoms with Crippen molar-refractivity contribution in [3.8, 4) is 6.07 Å². The van der Waals surface area contributed by atoms with E-state index in [1.807, 2.05) is 17.0 Å². The topological polar surface area (TPSA) is 70.4 Å². The van der Waals surface area contributed by atoms with Gasteiger partial charge in [0.1, 0.15) is 0 Å². The van der Waals surface area contributed by atoms with E-state index in [0.29, 0.717) is 24.8 Å². The molecule has 1 aliphatic heterocycles. The van der Waals surface area contributed by atoms with Gasteiger partial charge in [-0.15, -0.1) is 0 Å². The molecule has 0 saturated carbocycles. The Bertz CT molecular complexity index is 629. The number of esters is 1. The molecule has 5 heteroatoms. The molecule has 0 aliphatic carbocycles. The average Bonchev–Trinajstić information content (AvgIpc) is 2.95. The number of nitriles is 1. The fraction of sp³-hybridized carbons (Fsp3) is 0.500. The number of hydrogen-bond donors (Lipinski definition) is 0. The van der Waals surface area contributed by atoms with Gasteiger partial charge in [-0.25, -0.2) is 0 Å². The minimum Gasteiger partial charge on any atom is -0.469 e. The van der Waals surface area contributed by atoms with Crippen LogP contribution in [0.3, 0.4) is 0 Å². The molecule has 2 rings (SSSR count). The number of benzene rings is 1. The zero-order valence-corrected chi connectivity index (χ0v) is 13.8. The summed E-state index contributed by atoms with van der Waals surface area (Å²) >= 11 is 0. The first-order valence-corrected chi connectivity index (χ1v) is 7.78. The maximum atomic E-state index is 12.3. The summed E-state index contributed by atoms with van der Waals surface area (Å²) in [6.45, 7) is 4.16. The molecule has 0 spiro atoms. The molecule has 122 valence electrons. The smallest absolute Gasteiger partial charge is 0.305 e. The summed E-state index contributed by atoms with van der Waals surface area (Å²) in [5.41, 5.74) is 1.18. The van der Waals surface area contributed by atoms with E-state index in [2.05, 4.69) is 19.9 Å². The van der Waals surface area contributed by atoms with E-state index >= 15 is 0 Å². The van der Waals surface area contributed by atoms with Crippen LogP contribution in [0.4, 0.5) is 5.69 Å². The summed E-state index contributed by atoms with van der Waals surface area (Å²) in [5, 5.41) is 8.90. The lowest BCUT2D eigenvalue weighted by molar-refractivity contribution is -0.141. The normalized spacial score (nSPS) is 17.9. The van der Waals surface area contributed by atoms with Gasteiger partial charge < -0.3 is 9.64 Å². The summed E-state index contributed by atoms with van der Waals surface area (Å²) in [4.78, 5) is 25.6. The molecular formula is C18H22N2O3. The zero-order valence-electron chi connectivity index (χ0n) is 13.8. The van der Waals surface area contributed by atoms with Crippen molar-refractivity contribution >= 4 is 17.6 Å². The highest BCUT2D eigenvalue weighted by atomic mass is 16.5. The first-order valence-electron chi connectivity index (χ1n) is 7.78.